The molecule has 0 bridgehead atoms. The Bertz CT molecular complexity index is 430. The van der Waals surface area contributed by atoms with Gasteiger partial charge in [-0.3, -0.25) is 9.59 Å². The van der Waals surface area contributed by atoms with E-state index >= 15 is 0 Å². The summed E-state index contributed by atoms with van der Waals surface area (Å²) in [6.07, 6.45) is 5.37. The van der Waals surface area contributed by atoms with E-state index in [1.54, 1.807) is 31.4 Å². The molecular formula is C13H14O4. The second-order valence-corrected chi connectivity index (χ2v) is 3.89. The molecule has 1 aromatic heterocycles. The first-order valence-electron chi connectivity index (χ1n) is 5.64. The first-order valence-corrected chi connectivity index (χ1v) is 5.64. The van der Waals surface area contributed by atoms with Crippen LogP contribution < -0.4 is 0 Å². The van der Waals surface area contributed by atoms with E-state index in [4.69, 9.17) is 9.15 Å². The number of furan rings is 1. The monoisotopic (exact) mass is 234 g/mol. The molecule has 2 atom stereocenters. The smallest absolute Gasteiger partial charge is 0.317 e. The highest BCUT2D eigenvalue weighted by atomic mass is 16.5. The van der Waals surface area contributed by atoms with E-state index in [0.717, 1.165) is 0 Å². The van der Waals surface area contributed by atoms with Crippen LogP contribution in [0.15, 0.2) is 35.0 Å². The number of allylic oxidation sites excluding steroid dienone is 2. The fourth-order valence-electron chi connectivity index (χ4n) is 2.06. The minimum atomic E-state index is -0.772. The molecule has 1 aliphatic rings. The molecule has 2 rings (SSSR count). The van der Waals surface area contributed by atoms with Crippen LogP contribution in [0.25, 0.3) is 0 Å². The third-order valence-electron chi connectivity index (χ3n) is 2.83. The van der Waals surface area contributed by atoms with Gasteiger partial charge in [-0.1, -0.05) is 6.08 Å². The van der Waals surface area contributed by atoms with Crippen molar-refractivity contribution in [3.05, 3.63) is 36.3 Å². The van der Waals surface area contributed by atoms with Crippen LogP contribution in [0.2, 0.25) is 0 Å². The molecule has 1 aliphatic carbocycles. The Hall–Kier alpha value is -1.84. The summed E-state index contributed by atoms with van der Waals surface area (Å²) in [4.78, 5) is 23.6. The van der Waals surface area contributed by atoms with Gasteiger partial charge in [0.25, 0.3) is 0 Å². The van der Waals surface area contributed by atoms with Crippen LogP contribution in [0.5, 0.6) is 0 Å². The molecule has 17 heavy (non-hydrogen) atoms. The van der Waals surface area contributed by atoms with E-state index < -0.39 is 11.9 Å². The van der Waals surface area contributed by atoms with Crippen molar-refractivity contribution in [2.24, 2.45) is 5.92 Å². The molecule has 4 nitrogen and oxygen atoms in total. The zero-order valence-electron chi connectivity index (χ0n) is 9.59. The molecule has 0 saturated carbocycles. The predicted octanol–water partition coefficient (Wildman–Crippen LogP) is 2.07. The summed E-state index contributed by atoms with van der Waals surface area (Å²) >= 11 is 0. The second kappa shape index (κ2) is 4.99. The van der Waals surface area contributed by atoms with Gasteiger partial charge < -0.3 is 9.15 Å². The van der Waals surface area contributed by atoms with Gasteiger partial charge in [0, 0.05) is 5.92 Å². The van der Waals surface area contributed by atoms with Crippen molar-refractivity contribution in [1.82, 2.24) is 0 Å². The van der Waals surface area contributed by atoms with Crippen LogP contribution in [0.4, 0.5) is 0 Å². The van der Waals surface area contributed by atoms with Gasteiger partial charge >= 0.3 is 5.97 Å². The van der Waals surface area contributed by atoms with Gasteiger partial charge in [0.2, 0.25) is 0 Å². The van der Waals surface area contributed by atoms with E-state index in [1.807, 2.05) is 0 Å². The van der Waals surface area contributed by atoms with Crippen molar-refractivity contribution >= 4 is 11.8 Å². The molecule has 0 aromatic carbocycles. The van der Waals surface area contributed by atoms with E-state index in [-0.39, 0.29) is 18.3 Å². The number of rotatable bonds is 3. The number of carbonyl (C=O) groups is 2. The van der Waals surface area contributed by atoms with Crippen LogP contribution in [-0.2, 0) is 14.3 Å². The minimum absolute atomic E-state index is 0.212. The summed E-state index contributed by atoms with van der Waals surface area (Å²) < 4.78 is 10.2. The Morgan fingerprint density at radius 2 is 2.41 bits per heavy atom. The summed E-state index contributed by atoms with van der Waals surface area (Å²) in [7, 11) is 0. The third kappa shape index (κ3) is 2.30. The maximum absolute atomic E-state index is 11.8. The zero-order valence-corrected chi connectivity index (χ0v) is 9.59. The lowest BCUT2D eigenvalue weighted by Crippen LogP contribution is -2.32. The Balaban J connectivity index is 2.27. The van der Waals surface area contributed by atoms with E-state index in [1.165, 1.54) is 6.08 Å². The lowest BCUT2D eigenvalue weighted by atomic mass is 9.80. The molecule has 2 unspecified atom stereocenters. The average Bonchev–Trinajstić information content (AvgIpc) is 2.82. The maximum Gasteiger partial charge on any atom is 0.317 e. The largest absolute Gasteiger partial charge is 0.469 e. The molecule has 0 saturated heterocycles. The van der Waals surface area contributed by atoms with Crippen molar-refractivity contribution in [2.45, 2.75) is 19.3 Å². The Kier molecular flexibility index (Phi) is 3.42. The van der Waals surface area contributed by atoms with Crippen LogP contribution in [0.3, 0.4) is 0 Å². The Morgan fingerprint density at radius 1 is 1.59 bits per heavy atom. The first kappa shape index (κ1) is 11.6. The van der Waals surface area contributed by atoms with Gasteiger partial charge in [0.1, 0.15) is 11.7 Å². The average molecular weight is 234 g/mol. The van der Waals surface area contributed by atoms with Crippen molar-refractivity contribution in [3.8, 4) is 0 Å². The molecular weight excluding hydrogens is 220 g/mol. The summed E-state index contributed by atoms with van der Waals surface area (Å²) in [5.41, 5.74) is 0. The van der Waals surface area contributed by atoms with Gasteiger partial charge in [0.05, 0.1) is 12.9 Å². The molecule has 0 radical (unpaired) electrons. The molecule has 0 amide bonds. The fraction of sp³-hybridized carbons (Fsp3) is 0.385. The molecule has 1 heterocycles. The van der Waals surface area contributed by atoms with Crippen LogP contribution in [0.1, 0.15) is 25.0 Å². The van der Waals surface area contributed by atoms with Gasteiger partial charge in [-0.25, -0.2) is 0 Å². The van der Waals surface area contributed by atoms with Gasteiger partial charge in [-0.2, -0.15) is 0 Å². The highest BCUT2D eigenvalue weighted by Crippen LogP contribution is 2.33. The summed E-state index contributed by atoms with van der Waals surface area (Å²) in [5, 5.41) is 0. The standard InChI is InChI=1S/C13H14O4/c1-2-16-13(15)12-9(5-3-6-10(12)14)11-7-4-8-17-11/h3-4,6-9,12H,2,5H2,1H3. The summed E-state index contributed by atoms with van der Waals surface area (Å²) in [6.45, 7) is 2.00. The molecule has 0 fully saturated rings. The van der Waals surface area contributed by atoms with Crippen LogP contribution >= 0.6 is 0 Å². The predicted molar refractivity (Wildman–Crippen MR) is 60.3 cm³/mol. The molecule has 1 aromatic rings. The molecule has 4 heteroatoms. The number of hydrogen-bond acceptors (Lipinski definition) is 4. The number of carbonyl (C=O) groups excluding carboxylic acids is 2. The minimum Gasteiger partial charge on any atom is -0.469 e. The molecule has 0 aliphatic heterocycles. The highest BCUT2D eigenvalue weighted by molar-refractivity contribution is 6.06. The van der Waals surface area contributed by atoms with Crippen molar-refractivity contribution in [1.29, 1.82) is 0 Å². The van der Waals surface area contributed by atoms with Gasteiger partial charge in [0.15, 0.2) is 5.78 Å². The van der Waals surface area contributed by atoms with E-state index in [0.29, 0.717) is 12.2 Å². The van der Waals surface area contributed by atoms with Crippen LogP contribution in [-0.4, -0.2) is 18.4 Å². The third-order valence-corrected chi connectivity index (χ3v) is 2.83. The number of ketones is 1. The van der Waals surface area contributed by atoms with Crippen molar-refractivity contribution in [3.63, 3.8) is 0 Å². The molecule has 90 valence electrons. The first-order chi connectivity index (χ1) is 8.24. The normalized spacial score (nSPS) is 23.7. The number of ether oxygens (including phenoxy) is 1. The SMILES string of the molecule is CCOC(=O)C1C(=O)C=CCC1c1ccco1. The highest BCUT2D eigenvalue weighted by Gasteiger charge is 2.38. The van der Waals surface area contributed by atoms with Gasteiger partial charge in [-0.05, 0) is 31.6 Å². The lowest BCUT2D eigenvalue weighted by molar-refractivity contribution is -0.152. The number of esters is 1. The van der Waals surface area contributed by atoms with Crippen molar-refractivity contribution in [2.75, 3.05) is 6.61 Å². The topological polar surface area (TPSA) is 56.5 Å². The van der Waals surface area contributed by atoms with Gasteiger partial charge in [-0.15, -0.1) is 0 Å². The van der Waals surface area contributed by atoms with Crippen LogP contribution in [0, 0.1) is 5.92 Å². The molecule has 0 N–H and O–H groups in total. The summed E-state index contributed by atoms with van der Waals surface area (Å²) in [6, 6.07) is 3.53. The van der Waals surface area contributed by atoms with E-state index in [2.05, 4.69) is 0 Å². The quantitative estimate of drug-likeness (QED) is 0.593. The maximum atomic E-state index is 11.8. The number of hydrogen-bond donors (Lipinski definition) is 0. The van der Waals surface area contributed by atoms with E-state index in [9.17, 15) is 9.59 Å². The van der Waals surface area contributed by atoms with Crippen molar-refractivity contribution < 1.29 is 18.7 Å². The molecule has 0 spiro atoms. The summed E-state index contributed by atoms with van der Waals surface area (Å²) in [5.74, 6) is -1.05. The second-order valence-electron chi connectivity index (χ2n) is 3.89. The Morgan fingerprint density at radius 3 is 3.06 bits per heavy atom. The zero-order chi connectivity index (χ0) is 12.3. The Labute approximate surface area is 99.3 Å². The lowest BCUT2D eigenvalue weighted by Gasteiger charge is -2.23. The fourth-order valence-corrected chi connectivity index (χ4v) is 2.06.